The van der Waals surface area contributed by atoms with Crippen molar-refractivity contribution in [2.75, 3.05) is 24.8 Å². The SMILES string of the molecule is C=C1C(Nc2ccc(C(=O)NCC(/C=C\CCl)=C/C)cc2)=CC=C(C(/C=C\NC)=C/C)N1/C=C\C.C=O. The van der Waals surface area contributed by atoms with Gasteiger partial charge in [0, 0.05) is 36.9 Å². The molecular weight excluding hydrogens is 484 g/mol. The molecule has 2 rings (SSSR count). The summed E-state index contributed by atoms with van der Waals surface area (Å²) in [5, 5.41) is 9.39. The van der Waals surface area contributed by atoms with E-state index in [9.17, 15) is 4.79 Å². The first-order valence-electron chi connectivity index (χ1n) is 11.8. The van der Waals surface area contributed by atoms with Crippen molar-refractivity contribution in [3.63, 3.8) is 0 Å². The fraction of sp³-hybridized carbons (Fsp3) is 0.200. The maximum Gasteiger partial charge on any atom is 0.251 e. The summed E-state index contributed by atoms with van der Waals surface area (Å²) in [6.07, 6.45) is 19.8. The number of alkyl halides is 1. The summed E-state index contributed by atoms with van der Waals surface area (Å²) in [7, 11) is 1.87. The lowest BCUT2D eigenvalue weighted by molar-refractivity contribution is -0.0980. The number of carbonyl (C=O) groups is 2. The predicted octanol–water partition coefficient (Wildman–Crippen LogP) is 6.19. The average molecular weight is 521 g/mol. The van der Waals surface area contributed by atoms with Crippen molar-refractivity contribution in [1.82, 2.24) is 15.5 Å². The van der Waals surface area contributed by atoms with Gasteiger partial charge in [-0.1, -0.05) is 37.0 Å². The van der Waals surface area contributed by atoms with Gasteiger partial charge >= 0.3 is 0 Å². The molecule has 0 aromatic heterocycles. The second-order valence-electron chi connectivity index (χ2n) is 7.60. The molecule has 0 unspecified atom stereocenters. The summed E-state index contributed by atoms with van der Waals surface area (Å²) >= 11 is 5.69. The minimum absolute atomic E-state index is 0.128. The van der Waals surface area contributed by atoms with Crippen LogP contribution in [-0.4, -0.2) is 37.1 Å². The Morgan fingerprint density at radius 2 is 1.76 bits per heavy atom. The Kier molecular flexibility index (Phi) is 14.6. The molecule has 1 amide bonds. The summed E-state index contributed by atoms with van der Waals surface area (Å²) in [4.78, 5) is 22.6. The molecule has 196 valence electrons. The van der Waals surface area contributed by atoms with Gasteiger partial charge < -0.3 is 25.6 Å². The molecule has 37 heavy (non-hydrogen) atoms. The molecule has 1 aromatic rings. The lowest BCUT2D eigenvalue weighted by Crippen LogP contribution is -2.25. The van der Waals surface area contributed by atoms with Crippen LogP contribution in [0.4, 0.5) is 5.69 Å². The third-order valence-electron chi connectivity index (χ3n) is 5.27. The molecule has 0 saturated heterocycles. The second-order valence-corrected chi connectivity index (χ2v) is 7.91. The topological polar surface area (TPSA) is 73.5 Å². The summed E-state index contributed by atoms with van der Waals surface area (Å²) in [6.45, 7) is 12.7. The maximum atomic E-state index is 12.5. The monoisotopic (exact) mass is 520 g/mol. The van der Waals surface area contributed by atoms with Gasteiger partial charge in [-0.25, -0.2) is 0 Å². The van der Waals surface area contributed by atoms with Crippen LogP contribution in [0.5, 0.6) is 0 Å². The predicted molar refractivity (Wildman–Crippen MR) is 157 cm³/mol. The van der Waals surface area contributed by atoms with Gasteiger partial charge in [-0.05, 0) is 80.6 Å². The Morgan fingerprint density at radius 1 is 1.05 bits per heavy atom. The highest BCUT2D eigenvalue weighted by Crippen LogP contribution is 2.30. The van der Waals surface area contributed by atoms with Gasteiger partial charge in [0.15, 0.2) is 0 Å². The molecule has 1 aliphatic heterocycles. The number of carbonyl (C=O) groups excluding carboxylic acids is 2. The molecule has 1 aliphatic rings. The summed E-state index contributed by atoms with van der Waals surface area (Å²) in [6, 6.07) is 7.39. The van der Waals surface area contributed by atoms with E-state index in [1.54, 1.807) is 12.1 Å². The minimum atomic E-state index is -0.128. The van der Waals surface area contributed by atoms with E-state index >= 15 is 0 Å². The van der Waals surface area contributed by atoms with Crippen LogP contribution in [0.15, 0.2) is 120 Å². The van der Waals surface area contributed by atoms with Gasteiger partial charge in [-0.15, -0.1) is 11.6 Å². The van der Waals surface area contributed by atoms with Crippen molar-refractivity contribution in [3.8, 4) is 0 Å². The van der Waals surface area contributed by atoms with Crippen LogP contribution in [0.3, 0.4) is 0 Å². The Hall–Kier alpha value is -4.03. The number of amides is 1. The van der Waals surface area contributed by atoms with Crippen molar-refractivity contribution in [2.45, 2.75) is 20.8 Å². The van der Waals surface area contributed by atoms with Crippen LogP contribution in [0.2, 0.25) is 0 Å². The molecular formula is C30H37ClN4O2. The van der Waals surface area contributed by atoms with Crippen LogP contribution in [-0.2, 0) is 4.79 Å². The largest absolute Gasteiger partial charge is 0.394 e. The van der Waals surface area contributed by atoms with E-state index in [0.717, 1.165) is 33.9 Å². The highest BCUT2D eigenvalue weighted by Gasteiger charge is 2.20. The Bertz CT molecular complexity index is 1120. The van der Waals surface area contributed by atoms with Crippen molar-refractivity contribution < 1.29 is 9.59 Å². The minimum Gasteiger partial charge on any atom is -0.394 e. The number of nitrogens with one attached hydrogen (secondary N) is 3. The molecule has 6 nitrogen and oxygen atoms in total. The van der Waals surface area contributed by atoms with E-state index in [1.165, 1.54) is 0 Å². The molecule has 0 bridgehead atoms. The molecule has 1 heterocycles. The quantitative estimate of drug-likeness (QED) is 0.239. The van der Waals surface area contributed by atoms with Gasteiger partial charge in [-0.3, -0.25) is 4.79 Å². The van der Waals surface area contributed by atoms with Crippen LogP contribution in [0, 0.1) is 0 Å². The van der Waals surface area contributed by atoms with Gasteiger partial charge in [0.25, 0.3) is 5.91 Å². The first-order valence-corrected chi connectivity index (χ1v) is 12.4. The average Bonchev–Trinajstić information content (AvgIpc) is 2.93. The maximum absolute atomic E-state index is 12.5. The zero-order valence-electron chi connectivity index (χ0n) is 22.1. The fourth-order valence-corrected chi connectivity index (χ4v) is 3.47. The first kappa shape index (κ1) is 31.0. The Labute approximate surface area is 226 Å². The number of rotatable bonds is 11. The van der Waals surface area contributed by atoms with Crippen molar-refractivity contribution in [3.05, 3.63) is 126 Å². The van der Waals surface area contributed by atoms with Crippen molar-refractivity contribution >= 4 is 30.0 Å². The molecule has 0 atom stereocenters. The first-order chi connectivity index (χ1) is 18.0. The van der Waals surface area contributed by atoms with E-state index in [2.05, 4.69) is 39.6 Å². The molecule has 0 aliphatic carbocycles. The number of hydrogen-bond donors (Lipinski definition) is 3. The zero-order chi connectivity index (χ0) is 27.6. The number of benzene rings is 1. The zero-order valence-corrected chi connectivity index (χ0v) is 22.8. The highest BCUT2D eigenvalue weighted by atomic mass is 35.5. The van der Waals surface area contributed by atoms with Gasteiger partial charge in [0.2, 0.25) is 0 Å². The molecule has 3 N–H and O–H groups in total. The number of nitrogens with zero attached hydrogens (tertiary/aromatic N) is 1. The number of allylic oxidation sites excluding steroid dienone is 7. The standard InChI is InChI=1S/C29H35ClN4O.CH2O/c1-6-20-34-22(4)27(15-16-28(34)24(8-3)17-19-31-5)33-26-13-11-25(12-14-26)29(35)32-21-23(7-2)10-9-18-30;1-2/h6-17,19-20,31,33H,4,18,21H2,1-3,5H3,(H,32,35);1H2/b10-9-,19-17-,20-6-,23-7+,24-8+;. The van der Waals surface area contributed by atoms with E-state index in [0.29, 0.717) is 18.0 Å². The fourth-order valence-electron chi connectivity index (χ4n) is 3.38. The van der Waals surface area contributed by atoms with Crippen LogP contribution in [0.25, 0.3) is 0 Å². The molecule has 7 heteroatoms. The lowest BCUT2D eigenvalue weighted by atomic mass is 10.1. The molecule has 0 saturated carbocycles. The van der Waals surface area contributed by atoms with Crippen LogP contribution < -0.4 is 16.0 Å². The third-order valence-corrected chi connectivity index (χ3v) is 5.45. The normalized spacial score (nSPS) is 14.4. The molecule has 0 spiro atoms. The number of anilines is 1. The van der Waals surface area contributed by atoms with E-state index in [-0.39, 0.29) is 5.91 Å². The molecule has 1 aromatic carbocycles. The summed E-state index contributed by atoms with van der Waals surface area (Å²) in [5.41, 5.74) is 6.26. The second kappa shape index (κ2) is 17.4. The van der Waals surface area contributed by atoms with Crippen molar-refractivity contribution in [1.29, 1.82) is 0 Å². The van der Waals surface area contributed by atoms with E-state index in [4.69, 9.17) is 16.4 Å². The van der Waals surface area contributed by atoms with Crippen LogP contribution >= 0.6 is 11.6 Å². The van der Waals surface area contributed by atoms with Crippen LogP contribution in [0.1, 0.15) is 31.1 Å². The van der Waals surface area contributed by atoms with Gasteiger partial charge in [0.1, 0.15) is 6.79 Å². The smallest absolute Gasteiger partial charge is 0.251 e. The van der Waals surface area contributed by atoms with E-state index < -0.39 is 0 Å². The summed E-state index contributed by atoms with van der Waals surface area (Å²) < 4.78 is 0. The Morgan fingerprint density at radius 3 is 2.32 bits per heavy atom. The molecule has 0 fully saturated rings. The van der Waals surface area contributed by atoms with E-state index in [1.807, 2.05) is 95.6 Å². The summed E-state index contributed by atoms with van der Waals surface area (Å²) in [5.74, 6) is 0.313. The number of halogens is 1. The highest BCUT2D eigenvalue weighted by molar-refractivity contribution is 6.18. The van der Waals surface area contributed by atoms with Crippen molar-refractivity contribution in [2.24, 2.45) is 0 Å². The third kappa shape index (κ3) is 9.50. The molecule has 0 radical (unpaired) electrons. The lowest BCUT2D eigenvalue weighted by Gasteiger charge is -2.31. The van der Waals surface area contributed by atoms with Gasteiger partial charge in [-0.2, -0.15) is 0 Å². The van der Waals surface area contributed by atoms with Gasteiger partial charge in [0.05, 0.1) is 17.1 Å². The number of hydrogen-bond acceptors (Lipinski definition) is 5. The Balaban J connectivity index is 0.00000334.